The molecule has 3 aromatic heterocycles. The smallest absolute Gasteiger partial charge is 0.134 e. The molecule has 0 saturated carbocycles. The van der Waals surface area contributed by atoms with Crippen molar-refractivity contribution in [2.75, 3.05) is 0 Å². The number of pyridine rings is 1. The van der Waals surface area contributed by atoms with Crippen molar-refractivity contribution < 1.29 is 4.42 Å². The predicted octanol–water partition coefficient (Wildman–Crippen LogP) is 11.0. The van der Waals surface area contributed by atoms with Gasteiger partial charge in [0.2, 0.25) is 0 Å². The summed E-state index contributed by atoms with van der Waals surface area (Å²) in [4.78, 5) is 6.61. The summed E-state index contributed by atoms with van der Waals surface area (Å²) in [6.07, 6.45) is 0.959. The average Bonchev–Trinajstić information content (AvgIpc) is 3.36. The van der Waals surface area contributed by atoms with Gasteiger partial charge >= 0.3 is 0 Å². The second-order valence-electron chi connectivity index (χ2n) is 12.5. The molecule has 0 atom stereocenters. The highest BCUT2D eigenvalue weighted by atomic mass is 32.1. The number of hydrogen-bond donors (Lipinski definition) is 0. The van der Waals surface area contributed by atoms with Crippen molar-refractivity contribution in [3.05, 3.63) is 88.0 Å². The minimum Gasteiger partial charge on any atom is -0.461 e. The van der Waals surface area contributed by atoms with Crippen LogP contribution in [0.25, 0.3) is 54.3 Å². The van der Waals surface area contributed by atoms with E-state index in [1.165, 1.54) is 59.1 Å². The molecule has 6 rings (SSSR count). The monoisotopic (exact) mass is 531 g/mol. The molecule has 3 heteroatoms. The highest BCUT2D eigenvalue weighted by Crippen LogP contribution is 2.42. The van der Waals surface area contributed by atoms with E-state index in [2.05, 4.69) is 116 Å². The first kappa shape index (κ1) is 25.8. The molecule has 0 aliphatic carbocycles. The zero-order chi connectivity index (χ0) is 27.6. The van der Waals surface area contributed by atoms with Crippen LogP contribution in [0.2, 0.25) is 0 Å². The van der Waals surface area contributed by atoms with E-state index in [9.17, 15) is 0 Å². The molecule has 198 valence electrons. The normalized spacial score (nSPS) is 12.4. The Morgan fingerprint density at radius 2 is 1.62 bits per heavy atom. The topological polar surface area (TPSA) is 26.0 Å². The Morgan fingerprint density at radius 1 is 0.846 bits per heavy atom. The molecule has 0 bridgehead atoms. The Kier molecular flexibility index (Phi) is 6.19. The molecule has 0 unspecified atom stereocenters. The second kappa shape index (κ2) is 9.34. The minimum atomic E-state index is 0.0228. The first-order valence-corrected chi connectivity index (χ1v) is 14.8. The van der Waals surface area contributed by atoms with Gasteiger partial charge in [0.05, 0.1) is 15.9 Å². The number of fused-ring (bicyclic) bond motifs is 3. The van der Waals surface area contributed by atoms with Gasteiger partial charge in [-0.25, -0.2) is 4.98 Å². The highest BCUT2D eigenvalue weighted by molar-refractivity contribution is 7.19. The maximum Gasteiger partial charge on any atom is 0.134 e. The van der Waals surface area contributed by atoms with Gasteiger partial charge in [0.25, 0.3) is 0 Å². The molecule has 0 radical (unpaired) electrons. The number of aryl methyl sites for hydroxylation is 3. The van der Waals surface area contributed by atoms with Crippen molar-refractivity contribution in [2.45, 2.75) is 67.2 Å². The van der Waals surface area contributed by atoms with Gasteiger partial charge in [0.1, 0.15) is 11.3 Å². The molecular weight excluding hydrogens is 494 g/mol. The Labute approximate surface area is 235 Å². The number of benzene rings is 3. The molecule has 3 heterocycles. The Hall–Kier alpha value is -3.43. The lowest BCUT2D eigenvalue weighted by Gasteiger charge is -2.23. The van der Waals surface area contributed by atoms with Gasteiger partial charge in [-0.3, -0.25) is 0 Å². The summed E-state index contributed by atoms with van der Waals surface area (Å²) in [5, 5.41) is 3.78. The Bertz CT molecular complexity index is 1880. The maximum absolute atomic E-state index is 6.28. The molecule has 2 nitrogen and oxygen atoms in total. The van der Waals surface area contributed by atoms with Crippen LogP contribution in [0.4, 0.5) is 0 Å². The van der Waals surface area contributed by atoms with Gasteiger partial charge in [-0.1, -0.05) is 65.0 Å². The van der Waals surface area contributed by atoms with Crippen molar-refractivity contribution in [3.63, 3.8) is 0 Å². The van der Waals surface area contributed by atoms with Crippen molar-refractivity contribution in [1.29, 1.82) is 0 Å². The average molecular weight is 532 g/mol. The first-order chi connectivity index (χ1) is 18.5. The maximum atomic E-state index is 6.28. The Morgan fingerprint density at radius 3 is 2.36 bits per heavy atom. The fourth-order valence-electron chi connectivity index (χ4n) is 5.73. The second-order valence-corrected chi connectivity index (χ2v) is 13.7. The summed E-state index contributed by atoms with van der Waals surface area (Å²) in [5.74, 6) is 1.66. The van der Waals surface area contributed by atoms with Gasteiger partial charge in [0, 0.05) is 27.8 Å². The zero-order valence-corrected chi connectivity index (χ0v) is 25.1. The van der Waals surface area contributed by atoms with Crippen LogP contribution in [-0.4, -0.2) is 4.98 Å². The van der Waals surface area contributed by atoms with E-state index >= 15 is 0 Å². The lowest BCUT2D eigenvalue weighted by Crippen LogP contribution is -2.12. The molecule has 0 amide bonds. The quantitative estimate of drug-likeness (QED) is 0.226. The van der Waals surface area contributed by atoms with Crippen LogP contribution in [0.1, 0.15) is 61.9 Å². The van der Waals surface area contributed by atoms with E-state index in [-0.39, 0.29) is 5.41 Å². The first-order valence-electron chi connectivity index (χ1n) is 14.0. The highest BCUT2D eigenvalue weighted by Gasteiger charge is 2.21. The third kappa shape index (κ3) is 4.47. The van der Waals surface area contributed by atoms with Gasteiger partial charge in [-0.15, -0.1) is 11.3 Å². The van der Waals surface area contributed by atoms with E-state index in [4.69, 9.17) is 9.40 Å². The summed E-state index contributed by atoms with van der Waals surface area (Å²) in [6, 6.07) is 22.4. The van der Waals surface area contributed by atoms with Crippen molar-refractivity contribution in [3.8, 4) is 22.4 Å². The Balaban J connectivity index is 1.60. The van der Waals surface area contributed by atoms with Crippen molar-refractivity contribution >= 4 is 43.3 Å². The third-order valence-corrected chi connectivity index (χ3v) is 9.25. The molecule has 0 fully saturated rings. The number of aromatic nitrogens is 1. The van der Waals surface area contributed by atoms with Gasteiger partial charge in [-0.05, 0) is 95.5 Å². The van der Waals surface area contributed by atoms with Crippen molar-refractivity contribution in [1.82, 2.24) is 4.98 Å². The standard InChI is InChI=1S/C36H37NOS/c1-20(2)15-33-22(4)28-17-25(13-14-32(28)38-33)29-19-31(37-34-21(3)23(5)39-35(29)34)26-16-24-11-9-10-12-27(24)30(18-26)36(6,7)8/h9-14,16-20H,15H2,1-8H3. The molecule has 0 saturated heterocycles. The van der Waals surface area contributed by atoms with Crippen molar-refractivity contribution in [2.24, 2.45) is 5.92 Å². The van der Waals surface area contributed by atoms with E-state index in [1.54, 1.807) is 0 Å². The number of furan rings is 1. The summed E-state index contributed by atoms with van der Waals surface area (Å²) in [7, 11) is 0. The molecule has 0 spiro atoms. The van der Waals surface area contributed by atoms with Crippen LogP contribution in [0, 0.1) is 26.7 Å². The number of hydrogen-bond acceptors (Lipinski definition) is 3. The molecule has 0 aliphatic rings. The molecular formula is C36H37NOS. The summed E-state index contributed by atoms with van der Waals surface area (Å²) >= 11 is 1.85. The fraction of sp³-hybridized carbons (Fsp3) is 0.306. The van der Waals surface area contributed by atoms with E-state index in [0.29, 0.717) is 5.92 Å². The zero-order valence-electron chi connectivity index (χ0n) is 24.3. The van der Waals surface area contributed by atoms with Gasteiger partial charge in [0.15, 0.2) is 0 Å². The molecule has 0 aliphatic heterocycles. The molecule has 6 aromatic rings. The summed E-state index contributed by atoms with van der Waals surface area (Å²) < 4.78 is 7.54. The lowest BCUT2D eigenvalue weighted by molar-refractivity contribution is 0.496. The number of rotatable bonds is 4. The third-order valence-electron chi connectivity index (χ3n) is 8.02. The SMILES string of the molecule is Cc1sc2c(-c3ccc4oc(CC(C)C)c(C)c4c3)cc(-c3cc(C(C)(C)C)c4ccccc4c3)nc2c1C. The number of thiophene rings is 1. The van der Waals surface area contributed by atoms with E-state index in [1.807, 2.05) is 11.3 Å². The summed E-state index contributed by atoms with van der Waals surface area (Å²) in [6.45, 7) is 18.0. The lowest BCUT2D eigenvalue weighted by atomic mass is 9.82. The van der Waals surface area contributed by atoms with Crippen LogP contribution in [-0.2, 0) is 11.8 Å². The van der Waals surface area contributed by atoms with Gasteiger partial charge in [-0.2, -0.15) is 0 Å². The van der Waals surface area contributed by atoms with Crippen LogP contribution >= 0.6 is 11.3 Å². The minimum absolute atomic E-state index is 0.0228. The van der Waals surface area contributed by atoms with Gasteiger partial charge < -0.3 is 4.42 Å². The predicted molar refractivity (Wildman–Crippen MR) is 169 cm³/mol. The fourth-order valence-corrected chi connectivity index (χ4v) is 6.87. The van der Waals surface area contributed by atoms with E-state index in [0.717, 1.165) is 29.0 Å². The largest absolute Gasteiger partial charge is 0.461 e. The van der Waals surface area contributed by atoms with Crippen LogP contribution < -0.4 is 0 Å². The van der Waals surface area contributed by atoms with Crippen LogP contribution in [0.3, 0.4) is 0 Å². The van der Waals surface area contributed by atoms with E-state index < -0.39 is 0 Å². The molecule has 0 N–H and O–H groups in total. The number of nitrogens with zero attached hydrogens (tertiary/aromatic N) is 1. The summed E-state index contributed by atoms with van der Waals surface area (Å²) in [5.41, 5.74) is 10.6. The van der Waals surface area contributed by atoms with Crippen LogP contribution in [0.15, 0.2) is 65.1 Å². The molecule has 3 aromatic carbocycles. The van der Waals surface area contributed by atoms with Crippen LogP contribution in [0.5, 0.6) is 0 Å². The molecule has 39 heavy (non-hydrogen) atoms.